The van der Waals surface area contributed by atoms with E-state index in [1.165, 1.54) is 0 Å². The Bertz CT molecular complexity index is 1410. The third-order valence-corrected chi connectivity index (χ3v) is 5.51. The molecule has 0 atom stereocenters. The van der Waals surface area contributed by atoms with Crippen LogP contribution >= 0.6 is 11.6 Å². The van der Waals surface area contributed by atoms with Gasteiger partial charge in [0.05, 0.1) is 6.33 Å². The summed E-state index contributed by atoms with van der Waals surface area (Å²) in [4.78, 5) is 21.0. The SMILES string of the molecule is O=C(NCc1ccccc1)Nc1ccc(Cn2cnc(-c3nc(-c4ccc(Cl)cc4)no3)c2)cc1. The molecular formula is C26H21ClN6O2. The van der Waals surface area contributed by atoms with Gasteiger partial charge in [0.1, 0.15) is 5.69 Å². The molecule has 9 heteroatoms. The summed E-state index contributed by atoms with van der Waals surface area (Å²) < 4.78 is 7.31. The highest BCUT2D eigenvalue weighted by Gasteiger charge is 2.13. The normalized spacial score (nSPS) is 10.8. The van der Waals surface area contributed by atoms with Crippen molar-refractivity contribution in [2.75, 3.05) is 5.32 Å². The van der Waals surface area contributed by atoms with Gasteiger partial charge in [0.15, 0.2) is 0 Å². The first kappa shape index (κ1) is 22.4. The van der Waals surface area contributed by atoms with Crippen molar-refractivity contribution < 1.29 is 9.32 Å². The molecule has 174 valence electrons. The zero-order valence-corrected chi connectivity index (χ0v) is 19.3. The maximum Gasteiger partial charge on any atom is 0.319 e. The van der Waals surface area contributed by atoms with Crippen LogP contribution in [0.15, 0.2) is 95.9 Å². The molecule has 35 heavy (non-hydrogen) atoms. The van der Waals surface area contributed by atoms with Crippen molar-refractivity contribution in [3.05, 3.63) is 108 Å². The predicted molar refractivity (Wildman–Crippen MR) is 134 cm³/mol. The molecule has 0 aliphatic carbocycles. The Hall–Kier alpha value is -4.43. The number of carbonyl (C=O) groups is 1. The molecule has 0 bridgehead atoms. The number of nitrogens with zero attached hydrogens (tertiary/aromatic N) is 4. The smallest absolute Gasteiger partial charge is 0.319 e. The second-order valence-electron chi connectivity index (χ2n) is 7.85. The highest BCUT2D eigenvalue weighted by atomic mass is 35.5. The minimum Gasteiger partial charge on any atom is -0.334 e. The van der Waals surface area contributed by atoms with Crippen LogP contribution in [0.2, 0.25) is 5.02 Å². The van der Waals surface area contributed by atoms with Gasteiger partial charge in [0.2, 0.25) is 5.82 Å². The summed E-state index contributed by atoms with van der Waals surface area (Å²) in [5.74, 6) is 0.817. The summed E-state index contributed by atoms with van der Waals surface area (Å²) in [7, 11) is 0. The first-order valence-corrected chi connectivity index (χ1v) is 11.3. The van der Waals surface area contributed by atoms with E-state index >= 15 is 0 Å². The van der Waals surface area contributed by atoms with Crippen LogP contribution in [-0.4, -0.2) is 25.7 Å². The number of hydrogen-bond acceptors (Lipinski definition) is 5. The van der Waals surface area contributed by atoms with Gasteiger partial charge in [-0.3, -0.25) is 0 Å². The number of benzene rings is 3. The van der Waals surface area contributed by atoms with E-state index < -0.39 is 0 Å². The quantitative estimate of drug-likeness (QED) is 0.312. The molecule has 8 nitrogen and oxygen atoms in total. The molecule has 2 aromatic heterocycles. The molecule has 0 unspecified atom stereocenters. The number of nitrogens with one attached hydrogen (secondary N) is 2. The number of anilines is 1. The van der Waals surface area contributed by atoms with E-state index in [0.717, 1.165) is 16.7 Å². The summed E-state index contributed by atoms with van der Waals surface area (Å²) in [6.07, 6.45) is 3.56. The lowest BCUT2D eigenvalue weighted by molar-refractivity contribution is 0.251. The second-order valence-corrected chi connectivity index (χ2v) is 8.29. The maximum absolute atomic E-state index is 12.1. The zero-order chi connectivity index (χ0) is 24.0. The number of urea groups is 1. The van der Waals surface area contributed by atoms with Gasteiger partial charge >= 0.3 is 6.03 Å². The number of carbonyl (C=O) groups excluding carboxylic acids is 1. The van der Waals surface area contributed by atoms with Gasteiger partial charge in [-0.15, -0.1) is 0 Å². The molecule has 3 aromatic carbocycles. The summed E-state index contributed by atoms with van der Waals surface area (Å²) in [6, 6.07) is 24.4. The first-order valence-electron chi connectivity index (χ1n) is 10.9. The molecule has 2 N–H and O–H groups in total. The Morgan fingerprint density at radius 2 is 1.71 bits per heavy atom. The molecule has 0 saturated heterocycles. The van der Waals surface area contributed by atoms with E-state index in [0.29, 0.717) is 41.2 Å². The van der Waals surface area contributed by atoms with Crippen molar-refractivity contribution in [2.45, 2.75) is 13.1 Å². The highest BCUT2D eigenvalue weighted by molar-refractivity contribution is 6.30. The molecule has 0 fully saturated rings. The van der Waals surface area contributed by atoms with Crippen molar-refractivity contribution >= 4 is 23.3 Å². The molecule has 5 aromatic rings. The zero-order valence-electron chi connectivity index (χ0n) is 18.6. The van der Waals surface area contributed by atoms with Crippen LogP contribution in [0.1, 0.15) is 11.1 Å². The number of imidazole rings is 1. The molecule has 0 spiro atoms. The fraction of sp³-hybridized carbons (Fsp3) is 0.0769. The van der Waals surface area contributed by atoms with Crippen LogP contribution < -0.4 is 10.6 Å². The van der Waals surface area contributed by atoms with E-state index in [2.05, 4.69) is 25.8 Å². The van der Waals surface area contributed by atoms with E-state index in [1.54, 1.807) is 18.5 Å². The van der Waals surface area contributed by atoms with Crippen LogP contribution in [0.4, 0.5) is 10.5 Å². The van der Waals surface area contributed by atoms with E-state index in [1.807, 2.05) is 77.5 Å². The molecule has 0 saturated carbocycles. The van der Waals surface area contributed by atoms with Crippen molar-refractivity contribution in [1.29, 1.82) is 0 Å². The fourth-order valence-corrected chi connectivity index (χ4v) is 3.58. The van der Waals surface area contributed by atoms with Crippen molar-refractivity contribution in [2.24, 2.45) is 0 Å². The molecule has 0 aliphatic rings. The maximum atomic E-state index is 12.1. The molecule has 2 heterocycles. The minimum atomic E-state index is -0.251. The fourth-order valence-electron chi connectivity index (χ4n) is 3.46. The van der Waals surface area contributed by atoms with Crippen LogP contribution in [0.3, 0.4) is 0 Å². The van der Waals surface area contributed by atoms with Gasteiger partial charge in [-0.2, -0.15) is 4.98 Å². The van der Waals surface area contributed by atoms with Gasteiger partial charge in [0.25, 0.3) is 5.89 Å². The minimum absolute atomic E-state index is 0.251. The summed E-state index contributed by atoms with van der Waals surface area (Å²) in [5, 5.41) is 10.4. The van der Waals surface area contributed by atoms with Crippen LogP contribution in [0.5, 0.6) is 0 Å². The Balaban J connectivity index is 1.17. The molecule has 0 radical (unpaired) electrons. The first-order chi connectivity index (χ1) is 17.1. The molecular weight excluding hydrogens is 464 g/mol. The lowest BCUT2D eigenvalue weighted by Crippen LogP contribution is -2.28. The number of amides is 2. The number of rotatable bonds is 7. The van der Waals surface area contributed by atoms with Gasteiger partial charge in [-0.1, -0.05) is 59.2 Å². The molecule has 5 rings (SSSR count). The van der Waals surface area contributed by atoms with Gasteiger partial charge in [0, 0.05) is 35.6 Å². The van der Waals surface area contributed by atoms with Crippen molar-refractivity contribution in [3.8, 4) is 23.0 Å². The van der Waals surface area contributed by atoms with Gasteiger partial charge in [-0.05, 0) is 47.5 Å². The topological polar surface area (TPSA) is 97.9 Å². The number of aromatic nitrogens is 4. The van der Waals surface area contributed by atoms with Gasteiger partial charge in [-0.25, -0.2) is 9.78 Å². The van der Waals surface area contributed by atoms with Crippen LogP contribution in [0.25, 0.3) is 23.0 Å². The predicted octanol–water partition coefficient (Wildman–Crippen LogP) is 5.62. The Kier molecular flexibility index (Phi) is 6.54. The lowest BCUT2D eigenvalue weighted by Gasteiger charge is -2.09. The van der Waals surface area contributed by atoms with Gasteiger partial charge < -0.3 is 19.7 Å². The molecule has 0 aliphatic heterocycles. The van der Waals surface area contributed by atoms with Crippen molar-refractivity contribution in [1.82, 2.24) is 25.0 Å². The summed E-state index contributed by atoms with van der Waals surface area (Å²) in [6.45, 7) is 1.07. The largest absolute Gasteiger partial charge is 0.334 e. The second kappa shape index (κ2) is 10.2. The summed E-state index contributed by atoms with van der Waals surface area (Å²) in [5.41, 5.74) is 4.21. The van der Waals surface area contributed by atoms with E-state index in [4.69, 9.17) is 16.1 Å². The number of halogens is 1. The average molecular weight is 485 g/mol. The van der Waals surface area contributed by atoms with Crippen LogP contribution in [-0.2, 0) is 13.1 Å². The van der Waals surface area contributed by atoms with E-state index in [-0.39, 0.29) is 6.03 Å². The van der Waals surface area contributed by atoms with Crippen LogP contribution in [0, 0.1) is 0 Å². The third-order valence-electron chi connectivity index (χ3n) is 5.25. The Morgan fingerprint density at radius 3 is 2.49 bits per heavy atom. The third kappa shape index (κ3) is 5.74. The standard InChI is InChI=1S/C26H21ClN6O2/c27-21-10-8-20(9-11-21)24-31-25(35-32-24)23-16-33(17-29-23)15-19-6-12-22(13-7-19)30-26(34)28-14-18-4-2-1-3-5-18/h1-13,16-17H,14-15H2,(H2,28,30,34). The Morgan fingerprint density at radius 1 is 0.943 bits per heavy atom. The molecule has 2 amide bonds. The monoisotopic (exact) mass is 484 g/mol. The van der Waals surface area contributed by atoms with Crippen molar-refractivity contribution in [3.63, 3.8) is 0 Å². The summed E-state index contributed by atoms with van der Waals surface area (Å²) >= 11 is 5.94. The lowest BCUT2D eigenvalue weighted by atomic mass is 10.2. The number of hydrogen-bond donors (Lipinski definition) is 2. The van der Waals surface area contributed by atoms with E-state index in [9.17, 15) is 4.79 Å². The highest BCUT2D eigenvalue weighted by Crippen LogP contribution is 2.22. The average Bonchev–Trinajstić information content (AvgIpc) is 3.55. The Labute approximate surface area is 206 Å².